The second-order valence-electron chi connectivity index (χ2n) is 3.33. The van der Waals surface area contributed by atoms with E-state index in [9.17, 15) is 9.00 Å². The fourth-order valence-electron chi connectivity index (χ4n) is 1.21. The van der Waals surface area contributed by atoms with Crippen molar-refractivity contribution in [3.8, 4) is 0 Å². The number of carbonyl (C=O) groups is 1. The van der Waals surface area contributed by atoms with Gasteiger partial charge in [0.25, 0.3) is 0 Å². The van der Waals surface area contributed by atoms with E-state index >= 15 is 0 Å². The Kier molecular flexibility index (Phi) is 8.66. The van der Waals surface area contributed by atoms with Crippen LogP contribution in [0.1, 0.15) is 5.56 Å². The van der Waals surface area contributed by atoms with Crippen LogP contribution < -0.4 is 11.1 Å². The van der Waals surface area contributed by atoms with Gasteiger partial charge in [0.1, 0.15) is 0 Å². The molecule has 0 spiro atoms. The second kappa shape index (κ2) is 9.15. The van der Waals surface area contributed by atoms with Crippen molar-refractivity contribution in [3.63, 3.8) is 0 Å². The molecule has 1 aromatic carbocycles. The lowest BCUT2D eigenvalue weighted by molar-refractivity contribution is -0.119. The zero-order valence-corrected chi connectivity index (χ0v) is 11.1. The molecule has 0 saturated heterocycles. The first-order valence-corrected chi connectivity index (χ1v) is 6.57. The highest BCUT2D eigenvalue weighted by molar-refractivity contribution is 7.84. The average molecular weight is 277 g/mol. The summed E-state index contributed by atoms with van der Waals surface area (Å²) in [5.74, 6) is 0.775. The van der Waals surface area contributed by atoms with E-state index in [1.807, 2.05) is 30.3 Å². The fraction of sp³-hybridized carbons (Fsp3) is 0.364. The van der Waals surface area contributed by atoms with E-state index in [2.05, 4.69) is 5.32 Å². The molecule has 1 unspecified atom stereocenters. The van der Waals surface area contributed by atoms with Gasteiger partial charge >= 0.3 is 0 Å². The molecule has 1 atom stereocenters. The lowest BCUT2D eigenvalue weighted by Gasteiger charge is -2.04. The number of carbonyl (C=O) groups excluding carboxylic acids is 1. The summed E-state index contributed by atoms with van der Waals surface area (Å²) in [6.45, 7) is 0.390. The molecule has 3 N–H and O–H groups in total. The normalized spacial score (nSPS) is 11.4. The third-order valence-corrected chi connectivity index (χ3v) is 3.32. The summed E-state index contributed by atoms with van der Waals surface area (Å²) in [6, 6.07) is 9.64. The highest BCUT2D eigenvalue weighted by Gasteiger charge is 2.02. The van der Waals surface area contributed by atoms with Crippen LogP contribution in [0.25, 0.3) is 0 Å². The third kappa shape index (κ3) is 7.10. The lowest BCUT2D eigenvalue weighted by atomic mass is 10.2. The van der Waals surface area contributed by atoms with Gasteiger partial charge in [0.2, 0.25) is 5.91 Å². The minimum Gasteiger partial charge on any atom is -0.354 e. The van der Waals surface area contributed by atoms with Crippen molar-refractivity contribution in [1.29, 1.82) is 0 Å². The topological polar surface area (TPSA) is 72.2 Å². The van der Waals surface area contributed by atoms with E-state index in [4.69, 9.17) is 5.73 Å². The van der Waals surface area contributed by atoms with E-state index < -0.39 is 10.8 Å². The maximum atomic E-state index is 11.6. The van der Waals surface area contributed by atoms with Crippen LogP contribution in [-0.4, -0.2) is 29.0 Å². The van der Waals surface area contributed by atoms with Gasteiger partial charge in [0.15, 0.2) is 0 Å². The Morgan fingerprint density at radius 3 is 2.53 bits per heavy atom. The van der Waals surface area contributed by atoms with E-state index in [-0.39, 0.29) is 24.9 Å². The van der Waals surface area contributed by atoms with Crippen molar-refractivity contribution in [3.05, 3.63) is 35.9 Å². The van der Waals surface area contributed by atoms with Crippen molar-refractivity contribution in [2.75, 3.05) is 18.8 Å². The number of nitrogens with two attached hydrogens (primary N) is 1. The molecule has 1 aromatic rings. The van der Waals surface area contributed by atoms with Crippen LogP contribution in [0.3, 0.4) is 0 Å². The van der Waals surface area contributed by atoms with Crippen LogP contribution >= 0.6 is 12.4 Å². The Labute approximate surface area is 110 Å². The number of rotatable bonds is 6. The number of nitrogens with one attached hydrogen (secondary N) is 1. The van der Waals surface area contributed by atoms with Gasteiger partial charge in [0, 0.05) is 28.9 Å². The molecular weight excluding hydrogens is 260 g/mol. The maximum absolute atomic E-state index is 11.6. The Morgan fingerprint density at radius 1 is 1.29 bits per heavy atom. The third-order valence-electron chi connectivity index (χ3n) is 2.01. The molecule has 0 aliphatic carbocycles. The molecular formula is C11H17ClN2O2S. The standard InChI is InChI=1S/C11H16N2O2S.ClH/c12-8-11(14)13-6-7-16(15)9-10-4-2-1-3-5-10;/h1-5H,6-9,12H2,(H,13,14);1H. The van der Waals surface area contributed by atoms with Gasteiger partial charge in [-0.3, -0.25) is 9.00 Å². The maximum Gasteiger partial charge on any atom is 0.233 e. The minimum absolute atomic E-state index is 0. The molecule has 17 heavy (non-hydrogen) atoms. The first-order chi connectivity index (χ1) is 7.72. The highest BCUT2D eigenvalue weighted by Crippen LogP contribution is 2.02. The molecule has 0 aromatic heterocycles. The summed E-state index contributed by atoms with van der Waals surface area (Å²) in [4.78, 5) is 10.8. The molecule has 1 amide bonds. The highest BCUT2D eigenvalue weighted by atomic mass is 35.5. The monoisotopic (exact) mass is 276 g/mol. The summed E-state index contributed by atoms with van der Waals surface area (Å²) in [7, 11) is -0.945. The molecule has 0 fully saturated rings. The first kappa shape index (κ1) is 16.1. The predicted molar refractivity (Wildman–Crippen MR) is 72.5 cm³/mol. The zero-order valence-electron chi connectivity index (χ0n) is 9.43. The summed E-state index contributed by atoms with van der Waals surface area (Å²) < 4.78 is 11.6. The van der Waals surface area contributed by atoms with Crippen molar-refractivity contribution in [2.24, 2.45) is 5.73 Å². The Bertz CT molecular complexity index is 360. The molecule has 6 heteroatoms. The van der Waals surface area contributed by atoms with Gasteiger partial charge in [-0.2, -0.15) is 0 Å². The Hall–Kier alpha value is -0.910. The molecule has 0 radical (unpaired) electrons. The number of hydrogen-bond acceptors (Lipinski definition) is 3. The summed E-state index contributed by atoms with van der Waals surface area (Å²) in [5.41, 5.74) is 6.17. The van der Waals surface area contributed by atoms with Crippen LogP contribution in [-0.2, 0) is 21.3 Å². The van der Waals surface area contributed by atoms with Gasteiger partial charge in [-0.1, -0.05) is 30.3 Å². The average Bonchev–Trinajstić information content (AvgIpc) is 2.30. The molecule has 0 aliphatic heterocycles. The van der Waals surface area contributed by atoms with Crippen LogP contribution in [0.2, 0.25) is 0 Å². The van der Waals surface area contributed by atoms with E-state index in [1.54, 1.807) is 0 Å². The van der Waals surface area contributed by atoms with Crippen LogP contribution in [0.4, 0.5) is 0 Å². The lowest BCUT2D eigenvalue weighted by Crippen LogP contribution is -2.33. The quantitative estimate of drug-likeness (QED) is 0.792. The van der Waals surface area contributed by atoms with Crippen LogP contribution in [0.5, 0.6) is 0 Å². The van der Waals surface area contributed by atoms with Crippen LogP contribution in [0.15, 0.2) is 30.3 Å². The smallest absolute Gasteiger partial charge is 0.233 e. The van der Waals surface area contributed by atoms with Crippen molar-refractivity contribution < 1.29 is 9.00 Å². The Balaban J connectivity index is 0.00000256. The van der Waals surface area contributed by atoms with E-state index in [0.29, 0.717) is 18.1 Å². The van der Waals surface area contributed by atoms with E-state index in [1.165, 1.54) is 0 Å². The fourth-order valence-corrected chi connectivity index (χ4v) is 2.25. The number of halogens is 1. The van der Waals surface area contributed by atoms with Gasteiger partial charge < -0.3 is 11.1 Å². The number of hydrogen-bond donors (Lipinski definition) is 2. The van der Waals surface area contributed by atoms with Crippen molar-refractivity contribution in [1.82, 2.24) is 5.32 Å². The molecule has 0 saturated carbocycles. The summed E-state index contributed by atoms with van der Waals surface area (Å²) in [5, 5.41) is 2.59. The van der Waals surface area contributed by atoms with Gasteiger partial charge in [0.05, 0.1) is 6.54 Å². The SMILES string of the molecule is Cl.NCC(=O)NCCS(=O)Cc1ccccc1. The predicted octanol–water partition coefficient (Wildman–Crippen LogP) is 0.432. The Morgan fingerprint density at radius 2 is 1.94 bits per heavy atom. The molecule has 96 valence electrons. The molecule has 0 heterocycles. The molecule has 0 bridgehead atoms. The minimum atomic E-state index is -0.945. The van der Waals surface area contributed by atoms with Gasteiger partial charge in [-0.25, -0.2) is 0 Å². The van der Waals surface area contributed by atoms with Gasteiger partial charge in [-0.15, -0.1) is 12.4 Å². The van der Waals surface area contributed by atoms with Gasteiger partial charge in [-0.05, 0) is 5.56 Å². The second-order valence-corrected chi connectivity index (χ2v) is 4.90. The summed E-state index contributed by atoms with van der Waals surface area (Å²) >= 11 is 0. The van der Waals surface area contributed by atoms with Crippen LogP contribution in [0, 0.1) is 0 Å². The van der Waals surface area contributed by atoms with Crippen molar-refractivity contribution in [2.45, 2.75) is 5.75 Å². The zero-order chi connectivity index (χ0) is 11.8. The van der Waals surface area contributed by atoms with Crippen molar-refractivity contribution >= 4 is 29.1 Å². The first-order valence-electron chi connectivity index (χ1n) is 5.08. The number of amides is 1. The molecule has 0 aliphatic rings. The molecule has 4 nitrogen and oxygen atoms in total. The summed E-state index contributed by atoms with van der Waals surface area (Å²) in [6.07, 6.45) is 0. The number of benzene rings is 1. The van der Waals surface area contributed by atoms with E-state index in [0.717, 1.165) is 5.56 Å². The largest absolute Gasteiger partial charge is 0.354 e. The molecule has 1 rings (SSSR count).